The minimum absolute atomic E-state index is 0.0775. The van der Waals surface area contributed by atoms with E-state index in [0.717, 1.165) is 12.7 Å². The molecule has 0 bridgehead atoms. The topological polar surface area (TPSA) is 86.5 Å². The highest BCUT2D eigenvalue weighted by Crippen LogP contribution is 2.32. The lowest BCUT2D eigenvalue weighted by Gasteiger charge is -2.10. The van der Waals surface area contributed by atoms with Crippen LogP contribution in [0.3, 0.4) is 0 Å². The van der Waals surface area contributed by atoms with E-state index in [1.54, 1.807) is 0 Å². The Morgan fingerprint density at radius 3 is 2.62 bits per heavy atom. The Morgan fingerprint density at radius 1 is 1.50 bits per heavy atom. The van der Waals surface area contributed by atoms with Gasteiger partial charge >= 0.3 is 5.97 Å². The lowest BCUT2D eigenvalue weighted by atomic mass is 10.2. The summed E-state index contributed by atoms with van der Waals surface area (Å²) in [6.45, 7) is 0.399. The predicted octanol–water partition coefficient (Wildman–Crippen LogP) is 0.0917. The molecule has 0 spiro atoms. The van der Waals surface area contributed by atoms with Crippen molar-refractivity contribution < 1.29 is 17.9 Å². The number of ether oxygens (including phenoxy) is 1. The van der Waals surface area contributed by atoms with Crippen LogP contribution in [0.2, 0.25) is 0 Å². The van der Waals surface area contributed by atoms with Gasteiger partial charge in [-0.3, -0.25) is 4.79 Å². The van der Waals surface area contributed by atoms with Crippen molar-refractivity contribution in [3.63, 3.8) is 0 Å². The molecule has 1 atom stereocenters. The standard InChI is InChI=1S/C10H19NO4S/c1-16(13,14)7-5-9(11)10(12)15-6-4-8-2-3-8/h8-9H,2-7,11H2,1H3. The molecule has 0 heterocycles. The number of carbonyl (C=O) groups is 1. The largest absolute Gasteiger partial charge is 0.465 e. The number of esters is 1. The number of nitrogens with two attached hydrogens (primary N) is 1. The number of carbonyl (C=O) groups excluding carboxylic acids is 1. The fraction of sp³-hybridized carbons (Fsp3) is 0.900. The van der Waals surface area contributed by atoms with Gasteiger partial charge in [-0.2, -0.15) is 0 Å². The van der Waals surface area contributed by atoms with E-state index in [4.69, 9.17) is 10.5 Å². The summed E-state index contributed by atoms with van der Waals surface area (Å²) in [7, 11) is -3.06. The zero-order valence-corrected chi connectivity index (χ0v) is 10.3. The second-order valence-electron chi connectivity index (χ2n) is 4.42. The van der Waals surface area contributed by atoms with Crippen molar-refractivity contribution in [3.8, 4) is 0 Å². The fourth-order valence-corrected chi connectivity index (χ4v) is 1.98. The van der Waals surface area contributed by atoms with Crippen molar-refractivity contribution >= 4 is 15.8 Å². The molecule has 5 nitrogen and oxygen atoms in total. The molecule has 0 aromatic heterocycles. The Labute approximate surface area is 96.3 Å². The van der Waals surface area contributed by atoms with Gasteiger partial charge in [-0.25, -0.2) is 8.42 Å². The Bertz CT molecular complexity index is 335. The van der Waals surface area contributed by atoms with E-state index in [1.807, 2.05) is 0 Å². The van der Waals surface area contributed by atoms with Crippen molar-refractivity contribution in [3.05, 3.63) is 0 Å². The molecule has 0 saturated heterocycles. The number of rotatable bonds is 7. The van der Waals surface area contributed by atoms with Crippen LogP contribution in [-0.4, -0.2) is 39.0 Å². The molecule has 1 unspecified atom stereocenters. The third kappa shape index (κ3) is 6.07. The summed E-state index contributed by atoms with van der Waals surface area (Å²) in [6, 6.07) is -0.825. The Morgan fingerprint density at radius 2 is 2.12 bits per heavy atom. The predicted molar refractivity (Wildman–Crippen MR) is 60.6 cm³/mol. The maximum atomic E-state index is 11.3. The third-order valence-corrected chi connectivity index (χ3v) is 3.55. The van der Waals surface area contributed by atoms with Crippen LogP contribution in [0, 0.1) is 5.92 Å². The van der Waals surface area contributed by atoms with Crippen molar-refractivity contribution in [2.24, 2.45) is 11.7 Å². The van der Waals surface area contributed by atoms with Crippen molar-refractivity contribution in [2.45, 2.75) is 31.7 Å². The molecular weight excluding hydrogens is 230 g/mol. The maximum absolute atomic E-state index is 11.3. The summed E-state index contributed by atoms with van der Waals surface area (Å²) in [5.74, 6) is 0.135. The monoisotopic (exact) mass is 249 g/mol. The van der Waals surface area contributed by atoms with Crippen LogP contribution < -0.4 is 5.73 Å². The summed E-state index contributed by atoms with van der Waals surface area (Å²) in [5, 5.41) is 0. The SMILES string of the molecule is CS(=O)(=O)CCC(N)C(=O)OCCC1CC1. The number of hydrogen-bond acceptors (Lipinski definition) is 5. The highest BCUT2D eigenvalue weighted by Gasteiger charge is 2.22. The first-order chi connectivity index (χ1) is 7.38. The Kier molecular flexibility index (Phi) is 4.73. The van der Waals surface area contributed by atoms with Gasteiger partial charge in [-0.15, -0.1) is 0 Å². The molecule has 0 amide bonds. The van der Waals surface area contributed by atoms with Gasteiger partial charge in [0.1, 0.15) is 15.9 Å². The molecule has 0 radical (unpaired) electrons. The Balaban J connectivity index is 2.13. The molecule has 0 aliphatic heterocycles. The van der Waals surface area contributed by atoms with Crippen molar-refractivity contribution in [1.29, 1.82) is 0 Å². The highest BCUT2D eigenvalue weighted by atomic mass is 32.2. The first kappa shape index (κ1) is 13.4. The van der Waals surface area contributed by atoms with Crippen molar-refractivity contribution in [2.75, 3.05) is 18.6 Å². The summed E-state index contributed by atoms with van der Waals surface area (Å²) in [6.07, 6.45) is 4.58. The molecule has 1 saturated carbocycles. The Hall–Kier alpha value is -0.620. The molecule has 16 heavy (non-hydrogen) atoms. The van der Waals surface area contributed by atoms with Gasteiger partial charge in [0, 0.05) is 6.26 Å². The molecule has 1 aliphatic rings. The lowest BCUT2D eigenvalue weighted by Crippen LogP contribution is -2.34. The molecule has 1 rings (SSSR count). The second kappa shape index (κ2) is 5.63. The molecular formula is C10H19NO4S. The zero-order chi connectivity index (χ0) is 12.2. The average molecular weight is 249 g/mol. The van der Waals surface area contributed by atoms with Gasteiger partial charge in [0.05, 0.1) is 12.4 Å². The van der Waals surface area contributed by atoms with Gasteiger partial charge in [0.25, 0.3) is 0 Å². The van der Waals surface area contributed by atoms with E-state index in [9.17, 15) is 13.2 Å². The van der Waals surface area contributed by atoms with Crippen molar-refractivity contribution in [1.82, 2.24) is 0 Å². The summed E-state index contributed by atoms with van der Waals surface area (Å²) in [5.41, 5.74) is 5.52. The summed E-state index contributed by atoms with van der Waals surface area (Å²) in [4.78, 5) is 11.3. The average Bonchev–Trinajstić information content (AvgIpc) is 2.96. The summed E-state index contributed by atoms with van der Waals surface area (Å²) >= 11 is 0. The molecule has 2 N–H and O–H groups in total. The lowest BCUT2D eigenvalue weighted by molar-refractivity contribution is -0.145. The maximum Gasteiger partial charge on any atom is 0.322 e. The third-order valence-electron chi connectivity index (χ3n) is 2.57. The highest BCUT2D eigenvalue weighted by molar-refractivity contribution is 7.90. The van der Waals surface area contributed by atoms with Gasteiger partial charge in [-0.05, 0) is 18.8 Å². The molecule has 0 aromatic carbocycles. The van der Waals surface area contributed by atoms with Crippen LogP contribution in [0.25, 0.3) is 0 Å². The van der Waals surface area contributed by atoms with Crippen LogP contribution in [0.1, 0.15) is 25.7 Å². The van der Waals surface area contributed by atoms with E-state index in [1.165, 1.54) is 12.8 Å². The van der Waals surface area contributed by atoms with E-state index in [0.29, 0.717) is 12.5 Å². The minimum atomic E-state index is -3.06. The van der Waals surface area contributed by atoms with Gasteiger partial charge in [0.2, 0.25) is 0 Å². The number of sulfone groups is 1. The van der Waals surface area contributed by atoms with E-state index in [2.05, 4.69) is 0 Å². The summed E-state index contributed by atoms with van der Waals surface area (Å²) < 4.78 is 26.7. The van der Waals surface area contributed by atoms with Gasteiger partial charge in [0.15, 0.2) is 0 Å². The molecule has 0 aromatic rings. The van der Waals surface area contributed by atoms with Crippen LogP contribution in [-0.2, 0) is 19.4 Å². The molecule has 6 heteroatoms. The molecule has 94 valence electrons. The minimum Gasteiger partial charge on any atom is -0.465 e. The van der Waals surface area contributed by atoms with E-state index in [-0.39, 0.29) is 12.2 Å². The first-order valence-corrected chi connectivity index (χ1v) is 7.54. The van der Waals surface area contributed by atoms with Gasteiger partial charge < -0.3 is 10.5 Å². The van der Waals surface area contributed by atoms with Crippen LogP contribution in [0.4, 0.5) is 0 Å². The smallest absolute Gasteiger partial charge is 0.322 e. The number of hydrogen-bond donors (Lipinski definition) is 1. The quantitative estimate of drug-likeness (QED) is 0.646. The van der Waals surface area contributed by atoms with Crippen LogP contribution in [0.15, 0.2) is 0 Å². The van der Waals surface area contributed by atoms with E-state index < -0.39 is 21.8 Å². The first-order valence-electron chi connectivity index (χ1n) is 5.48. The van der Waals surface area contributed by atoms with Crippen LogP contribution >= 0.6 is 0 Å². The molecule has 1 fully saturated rings. The van der Waals surface area contributed by atoms with Crippen LogP contribution in [0.5, 0.6) is 0 Å². The normalized spacial score (nSPS) is 18.1. The van der Waals surface area contributed by atoms with E-state index >= 15 is 0 Å². The zero-order valence-electron chi connectivity index (χ0n) is 9.52. The molecule has 1 aliphatic carbocycles. The van der Waals surface area contributed by atoms with Gasteiger partial charge in [-0.1, -0.05) is 12.8 Å². The fourth-order valence-electron chi connectivity index (χ4n) is 1.30. The second-order valence-corrected chi connectivity index (χ2v) is 6.68.